The molecular formula is C26H29N5O2S2. The Morgan fingerprint density at radius 3 is 2.97 bits per heavy atom. The smallest absolute Gasteiger partial charge is 0.182 e. The van der Waals surface area contributed by atoms with Gasteiger partial charge in [0.05, 0.1) is 16.4 Å². The molecule has 0 saturated heterocycles. The summed E-state index contributed by atoms with van der Waals surface area (Å²) < 4.78 is 26.2. The van der Waals surface area contributed by atoms with Crippen LogP contribution in [0.5, 0.6) is 0 Å². The highest BCUT2D eigenvalue weighted by molar-refractivity contribution is 8.05. The molecule has 0 bridgehead atoms. The Bertz CT molecular complexity index is 1380. The van der Waals surface area contributed by atoms with Gasteiger partial charge in [-0.3, -0.25) is 0 Å². The Balaban J connectivity index is 1.53. The van der Waals surface area contributed by atoms with Crippen molar-refractivity contribution in [3.8, 4) is 0 Å². The molecular weight excluding hydrogens is 478 g/mol. The quantitative estimate of drug-likeness (QED) is 0.353. The average molecular weight is 508 g/mol. The molecule has 7 nitrogen and oxygen atoms in total. The maximum Gasteiger partial charge on any atom is 0.182 e. The molecule has 0 aromatic heterocycles. The molecule has 1 aromatic rings. The zero-order valence-electron chi connectivity index (χ0n) is 19.5. The number of rotatable bonds is 7. The van der Waals surface area contributed by atoms with Crippen LogP contribution in [0.3, 0.4) is 0 Å². The number of allylic oxidation sites excluding steroid dienone is 5. The van der Waals surface area contributed by atoms with Crippen molar-refractivity contribution < 1.29 is 8.42 Å². The molecule has 9 heteroatoms. The summed E-state index contributed by atoms with van der Waals surface area (Å²) in [6.07, 6.45) is 13.5. The van der Waals surface area contributed by atoms with Gasteiger partial charge in [0.2, 0.25) is 0 Å². The molecule has 1 fully saturated rings. The molecule has 4 aliphatic rings. The van der Waals surface area contributed by atoms with E-state index in [1.54, 1.807) is 43.2 Å². The summed E-state index contributed by atoms with van der Waals surface area (Å²) in [5, 5.41) is 20.2. The van der Waals surface area contributed by atoms with Crippen LogP contribution in [0.25, 0.3) is 11.3 Å². The van der Waals surface area contributed by atoms with Crippen molar-refractivity contribution in [3.05, 3.63) is 82.6 Å². The van der Waals surface area contributed by atoms with Crippen LogP contribution in [0.4, 0.5) is 5.69 Å². The van der Waals surface area contributed by atoms with Gasteiger partial charge in [-0.05, 0) is 61.2 Å². The second-order valence-electron chi connectivity index (χ2n) is 9.11. The van der Waals surface area contributed by atoms with Crippen LogP contribution in [0, 0.1) is 11.3 Å². The minimum atomic E-state index is -3.51. The fourth-order valence-corrected chi connectivity index (χ4v) is 7.20. The lowest BCUT2D eigenvalue weighted by Gasteiger charge is -2.29. The van der Waals surface area contributed by atoms with E-state index in [1.807, 2.05) is 29.8 Å². The van der Waals surface area contributed by atoms with Gasteiger partial charge in [0.15, 0.2) is 9.84 Å². The SMILES string of the molecule is C=CSC1=C(N)C2CC2(NC2=CC=CNc3cc4c(cc32)S(=O)(=O)CC=C4C(=N)/C=C\NC)CC1. The molecule has 1 aromatic carbocycles. The van der Waals surface area contributed by atoms with Gasteiger partial charge >= 0.3 is 0 Å². The summed E-state index contributed by atoms with van der Waals surface area (Å²) in [6.45, 7) is 3.81. The van der Waals surface area contributed by atoms with Gasteiger partial charge in [0, 0.05) is 63.4 Å². The van der Waals surface area contributed by atoms with E-state index in [1.165, 1.54) is 4.91 Å². The Morgan fingerprint density at radius 1 is 1.37 bits per heavy atom. The number of nitrogens with one attached hydrogen (secondary N) is 4. The number of nitrogens with two attached hydrogens (primary N) is 1. The van der Waals surface area contributed by atoms with Crippen molar-refractivity contribution in [2.45, 2.75) is 29.7 Å². The van der Waals surface area contributed by atoms with E-state index in [-0.39, 0.29) is 27.8 Å². The molecule has 1 saturated carbocycles. The topological polar surface area (TPSA) is 120 Å². The van der Waals surface area contributed by atoms with Gasteiger partial charge in [-0.2, -0.15) is 0 Å². The highest BCUT2D eigenvalue weighted by Crippen LogP contribution is 2.57. The predicted octanol–water partition coefficient (Wildman–Crippen LogP) is 4.08. The summed E-state index contributed by atoms with van der Waals surface area (Å²) in [5.74, 6) is 0.137. The van der Waals surface area contributed by atoms with E-state index in [4.69, 9.17) is 11.1 Å². The molecule has 182 valence electrons. The van der Waals surface area contributed by atoms with Crippen LogP contribution < -0.4 is 21.7 Å². The molecule has 0 radical (unpaired) electrons. The molecule has 2 atom stereocenters. The third kappa shape index (κ3) is 4.12. The molecule has 2 unspecified atom stereocenters. The first-order valence-corrected chi connectivity index (χ1v) is 14.0. The number of sulfone groups is 1. The van der Waals surface area contributed by atoms with E-state index in [2.05, 4.69) is 22.5 Å². The van der Waals surface area contributed by atoms with Crippen LogP contribution in [-0.4, -0.2) is 32.5 Å². The van der Waals surface area contributed by atoms with Crippen LogP contribution in [-0.2, 0) is 9.84 Å². The van der Waals surface area contributed by atoms with E-state index in [9.17, 15) is 8.42 Å². The molecule has 2 aliphatic carbocycles. The van der Waals surface area contributed by atoms with Crippen LogP contribution in [0.1, 0.15) is 30.4 Å². The third-order valence-corrected chi connectivity index (χ3v) is 9.53. The largest absolute Gasteiger partial charge is 0.401 e. The maximum absolute atomic E-state index is 13.1. The minimum absolute atomic E-state index is 0.115. The highest BCUT2D eigenvalue weighted by Gasteiger charge is 2.58. The summed E-state index contributed by atoms with van der Waals surface area (Å²) >= 11 is 1.61. The number of benzene rings is 1. The third-order valence-electron chi connectivity index (χ3n) is 7.03. The fourth-order valence-electron chi connectivity index (χ4n) is 5.14. The number of thioether (sulfide) groups is 1. The lowest BCUT2D eigenvalue weighted by atomic mass is 9.95. The summed E-state index contributed by atoms with van der Waals surface area (Å²) in [6, 6.07) is 3.59. The Morgan fingerprint density at radius 2 is 2.20 bits per heavy atom. The van der Waals surface area contributed by atoms with E-state index in [0.29, 0.717) is 11.1 Å². The zero-order chi connectivity index (χ0) is 24.8. The Labute approximate surface area is 210 Å². The van der Waals surface area contributed by atoms with Crippen molar-refractivity contribution in [2.75, 3.05) is 18.1 Å². The van der Waals surface area contributed by atoms with Crippen molar-refractivity contribution in [1.82, 2.24) is 10.6 Å². The van der Waals surface area contributed by atoms with E-state index >= 15 is 0 Å². The van der Waals surface area contributed by atoms with Gasteiger partial charge in [-0.25, -0.2) is 8.42 Å². The predicted molar refractivity (Wildman–Crippen MR) is 145 cm³/mol. The van der Waals surface area contributed by atoms with E-state index < -0.39 is 9.84 Å². The fraction of sp³-hybridized carbons (Fsp3) is 0.269. The first-order chi connectivity index (χ1) is 16.8. The molecule has 35 heavy (non-hydrogen) atoms. The molecule has 6 N–H and O–H groups in total. The number of anilines is 1. The molecule has 5 rings (SSSR count). The number of fused-ring (bicyclic) bond motifs is 3. The highest BCUT2D eigenvalue weighted by atomic mass is 32.2. The first kappa shape index (κ1) is 23.6. The molecule has 0 spiro atoms. The van der Waals surface area contributed by atoms with Crippen LogP contribution in [0.2, 0.25) is 0 Å². The van der Waals surface area contributed by atoms with Crippen molar-refractivity contribution in [1.29, 1.82) is 5.41 Å². The van der Waals surface area contributed by atoms with Crippen LogP contribution in [0.15, 0.2) is 76.3 Å². The lowest BCUT2D eigenvalue weighted by Crippen LogP contribution is -2.36. The minimum Gasteiger partial charge on any atom is -0.401 e. The van der Waals surface area contributed by atoms with Crippen molar-refractivity contribution in [3.63, 3.8) is 0 Å². The van der Waals surface area contributed by atoms with Crippen molar-refractivity contribution >= 4 is 44.3 Å². The van der Waals surface area contributed by atoms with Gasteiger partial charge in [0.1, 0.15) is 0 Å². The zero-order valence-corrected chi connectivity index (χ0v) is 21.2. The van der Waals surface area contributed by atoms with Gasteiger partial charge < -0.3 is 27.1 Å². The lowest BCUT2D eigenvalue weighted by molar-refractivity contribution is 0.491. The second-order valence-corrected chi connectivity index (χ2v) is 12.2. The summed E-state index contributed by atoms with van der Waals surface area (Å²) in [4.78, 5) is 1.45. The van der Waals surface area contributed by atoms with Crippen LogP contribution >= 0.6 is 11.8 Å². The average Bonchev–Trinajstić information content (AvgIpc) is 3.59. The normalized spacial score (nSPS) is 25.8. The molecule has 2 heterocycles. The van der Waals surface area contributed by atoms with Gasteiger partial charge in [0.25, 0.3) is 0 Å². The standard InChI is InChI=1S/C26H29N5O2S2/c1-3-34-23-6-9-26(15-19(26)25(23)28)31-21-5-4-10-30-22-13-17-16(20(27)7-11-29-2)8-12-35(32,33)24(17)14-18(21)22/h3-5,7-8,10-11,13-14,19,27,29-31H,1,6,9,12,15,28H2,2H3/b11-7-,27-20?. The summed E-state index contributed by atoms with van der Waals surface area (Å²) in [5.41, 5.74) is 11.2. The van der Waals surface area contributed by atoms with E-state index in [0.717, 1.165) is 41.9 Å². The number of hydrogen-bond donors (Lipinski definition) is 5. The molecule has 0 amide bonds. The summed E-state index contributed by atoms with van der Waals surface area (Å²) in [7, 11) is -1.76. The van der Waals surface area contributed by atoms with Crippen molar-refractivity contribution in [2.24, 2.45) is 11.7 Å². The van der Waals surface area contributed by atoms with Gasteiger partial charge in [-0.1, -0.05) is 12.7 Å². The molecule has 2 aliphatic heterocycles. The second kappa shape index (κ2) is 8.80. The number of hydrogen-bond acceptors (Lipinski definition) is 8. The Kier molecular flexibility index (Phi) is 5.93. The monoisotopic (exact) mass is 507 g/mol. The Hall–Kier alpha value is -3.17. The first-order valence-electron chi connectivity index (χ1n) is 11.5. The maximum atomic E-state index is 13.1. The van der Waals surface area contributed by atoms with Gasteiger partial charge in [-0.15, -0.1) is 11.8 Å².